The lowest BCUT2D eigenvalue weighted by Crippen LogP contribution is -2.17. The maximum atomic E-state index is 12.9. The van der Waals surface area contributed by atoms with Crippen molar-refractivity contribution >= 4 is 22.5 Å². The summed E-state index contributed by atoms with van der Waals surface area (Å²) < 4.78 is 2.15. The van der Waals surface area contributed by atoms with E-state index in [-0.39, 0.29) is 11.8 Å². The van der Waals surface area contributed by atoms with Crippen LogP contribution >= 0.6 is 0 Å². The largest absolute Gasteiger partial charge is 0.350 e. The summed E-state index contributed by atoms with van der Waals surface area (Å²) in [5, 5.41) is 4.29. The van der Waals surface area contributed by atoms with Crippen molar-refractivity contribution in [2.24, 2.45) is 7.05 Å². The van der Waals surface area contributed by atoms with Crippen LogP contribution in [0.15, 0.2) is 85.1 Å². The van der Waals surface area contributed by atoms with Crippen LogP contribution in [0.2, 0.25) is 0 Å². The second kappa shape index (κ2) is 8.36. The number of rotatable bonds is 6. The molecule has 29 heavy (non-hydrogen) atoms. The van der Waals surface area contributed by atoms with Crippen molar-refractivity contribution in [2.45, 2.75) is 25.7 Å². The number of hydrogen-bond acceptors (Lipinski definition) is 1. The highest BCUT2D eigenvalue weighted by atomic mass is 16.1. The predicted molar refractivity (Wildman–Crippen MR) is 120 cm³/mol. The summed E-state index contributed by atoms with van der Waals surface area (Å²) in [5.74, 6) is 0.150. The van der Waals surface area contributed by atoms with E-state index < -0.39 is 0 Å². The molecule has 0 spiro atoms. The zero-order valence-electron chi connectivity index (χ0n) is 16.9. The molecule has 0 bridgehead atoms. The number of nitrogens with one attached hydrogen (secondary N) is 1. The third kappa shape index (κ3) is 4.40. The van der Waals surface area contributed by atoms with Gasteiger partial charge in [0.2, 0.25) is 5.91 Å². The standard InChI is InChI=1S/C26H26N2O/c1-19-12-14-22(15-13-19)27-26(29)17-21(16-20-8-4-3-5-9-20)24-18-28(2)25-11-7-6-10-23(24)25/h3-15,18,21H,16-17H2,1-2H3,(H,27,29). The number of aromatic nitrogens is 1. The van der Waals surface area contributed by atoms with Gasteiger partial charge >= 0.3 is 0 Å². The quantitative estimate of drug-likeness (QED) is 0.446. The zero-order valence-corrected chi connectivity index (χ0v) is 16.9. The Bertz CT molecular complexity index is 1110. The first-order valence-corrected chi connectivity index (χ1v) is 10.0. The predicted octanol–water partition coefficient (Wildman–Crippen LogP) is 5.84. The number of hydrogen-bond donors (Lipinski definition) is 1. The van der Waals surface area contributed by atoms with Gasteiger partial charge in [0.25, 0.3) is 0 Å². The Labute approximate surface area is 172 Å². The fourth-order valence-electron chi connectivity index (χ4n) is 3.96. The van der Waals surface area contributed by atoms with Crippen molar-refractivity contribution in [1.29, 1.82) is 0 Å². The summed E-state index contributed by atoms with van der Waals surface area (Å²) in [6, 6.07) is 26.8. The van der Waals surface area contributed by atoms with E-state index in [1.807, 2.05) is 37.3 Å². The fourth-order valence-corrected chi connectivity index (χ4v) is 3.96. The number of benzene rings is 3. The van der Waals surface area contributed by atoms with Gasteiger partial charge in [0.05, 0.1) is 0 Å². The highest BCUT2D eigenvalue weighted by Crippen LogP contribution is 2.32. The van der Waals surface area contributed by atoms with Crippen LogP contribution in [0.4, 0.5) is 5.69 Å². The number of para-hydroxylation sites is 1. The highest BCUT2D eigenvalue weighted by Gasteiger charge is 2.21. The van der Waals surface area contributed by atoms with Gasteiger partial charge in [-0.3, -0.25) is 4.79 Å². The molecule has 0 saturated carbocycles. The van der Waals surface area contributed by atoms with Crippen molar-refractivity contribution in [3.63, 3.8) is 0 Å². The van der Waals surface area contributed by atoms with Gasteiger partial charge in [-0.1, -0.05) is 66.2 Å². The molecule has 1 amide bonds. The van der Waals surface area contributed by atoms with Crippen LogP contribution in [-0.2, 0) is 18.3 Å². The second-order valence-electron chi connectivity index (χ2n) is 7.72. The van der Waals surface area contributed by atoms with Crippen molar-refractivity contribution in [3.8, 4) is 0 Å². The summed E-state index contributed by atoms with van der Waals surface area (Å²) >= 11 is 0. The van der Waals surface area contributed by atoms with Crippen LogP contribution in [-0.4, -0.2) is 10.5 Å². The van der Waals surface area contributed by atoms with Crippen LogP contribution in [0.1, 0.15) is 29.0 Å². The minimum Gasteiger partial charge on any atom is -0.350 e. The molecule has 0 fully saturated rings. The molecule has 146 valence electrons. The molecule has 1 atom stereocenters. The van der Waals surface area contributed by atoms with E-state index in [1.165, 1.54) is 27.6 Å². The Morgan fingerprint density at radius 2 is 1.62 bits per heavy atom. The molecule has 1 aromatic heterocycles. The smallest absolute Gasteiger partial charge is 0.224 e. The number of anilines is 1. The van der Waals surface area contributed by atoms with Crippen LogP contribution in [0.3, 0.4) is 0 Å². The SMILES string of the molecule is Cc1ccc(NC(=O)CC(Cc2ccccc2)c2cn(C)c3ccccc23)cc1. The lowest BCUT2D eigenvalue weighted by Gasteiger charge is -2.17. The van der Waals surface area contributed by atoms with Crippen LogP contribution in [0, 0.1) is 6.92 Å². The monoisotopic (exact) mass is 382 g/mol. The van der Waals surface area contributed by atoms with Crippen LogP contribution in [0.25, 0.3) is 10.9 Å². The van der Waals surface area contributed by atoms with Gasteiger partial charge in [0, 0.05) is 36.3 Å². The number of carbonyl (C=O) groups excluding carboxylic acids is 1. The van der Waals surface area contributed by atoms with Gasteiger partial charge in [0.15, 0.2) is 0 Å². The lowest BCUT2D eigenvalue weighted by atomic mass is 9.88. The summed E-state index contributed by atoms with van der Waals surface area (Å²) in [4.78, 5) is 12.9. The van der Waals surface area contributed by atoms with E-state index in [0.717, 1.165) is 12.1 Å². The lowest BCUT2D eigenvalue weighted by molar-refractivity contribution is -0.116. The van der Waals surface area contributed by atoms with Crippen molar-refractivity contribution in [1.82, 2.24) is 4.57 Å². The molecule has 0 aliphatic carbocycles. The molecule has 0 radical (unpaired) electrons. The molecule has 1 unspecified atom stereocenters. The van der Waals surface area contributed by atoms with E-state index >= 15 is 0 Å². The Kier molecular flexibility index (Phi) is 5.48. The average molecular weight is 383 g/mol. The van der Waals surface area contributed by atoms with Gasteiger partial charge in [-0.05, 0) is 48.6 Å². The molecule has 0 saturated heterocycles. The van der Waals surface area contributed by atoms with Crippen molar-refractivity contribution < 1.29 is 4.79 Å². The Morgan fingerprint density at radius 3 is 2.38 bits per heavy atom. The molecule has 0 aliphatic heterocycles. The zero-order chi connectivity index (χ0) is 20.2. The molecular weight excluding hydrogens is 356 g/mol. The third-order valence-electron chi connectivity index (χ3n) is 5.46. The maximum Gasteiger partial charge on any atom is 0.224 e. The van der Waals surface area contributed by atoms with Gasteiger partial charge < -0.3 is 9.88 Å². The van der Waals surface area contributed by atoms with E-state index in [4.69, 9.17) is 0 Å². The molecule has 1 N–H and O–H groups in total. The Hall–Kier alpha value is -3.33. The number of amides is 1. The first-order valence-electron chi connectivity index (χ1n) is 10.0. The normalized spacial score (nSPS) is 12.1. The second-order valence-corrected chi connectivity index (χ2v) is 7.72. The van der Waals surface area contributed by atoms with E-state index in [2.05, 4.69) is 71.7 Å². The van der Waals surface area contributed by atoms with E-state index in [0.29, 0.717) is 6.42 Å². The first kappa shape index (κ1) is 19.0. The molecule has 1 heterocycles. The molecule has 4 aromatic rings. The summed E-state index contributed by atoms with van der Waals surface area (Å²) in [7, 11) is 2.07. The van der Waals surface area contributed by atoms with Crippen LogP contribution < -0.4 is 5.32 Å². The Morgan fingerprint density at radius 1 is 0.931 bits per heavy atom. The van der Waals surface area contributed by atoms with Gasteiger partial charge in [-0.15, -0.1) is 0 Å². The Balaban J connectivity index is 1.63. The van der Waals surface area contributed by atoms with Crippen molar-refractivity contribution in [3.05, 3.63) is 102 Å². The van der Waals surface area contributed by atoms with Gasteiger partial charge in [-0.25, -0.2) is 0 Å². The molecule has 3 nitrogen and oxygen atoms in total. The highest BCUT2D eigenvalue weighted by molar-refractivity contribution is 5.92. The average Bonchev–Trinajstić information content (AvgIpc) is 3.07. The topological polar surface area (TPSA) is 34.0 Å². The molecule has 3 heteroatoms. The molecule has 3 aromatic carbocycles. The summed E-state index contributed by atoms with van der Waals surface area (Å²) in [5.41, 5.74) is 5.69. The first-order chi connectivity index (χ1) is 14.1. The number of aryl methyl sites for hydroxylation is 2. The third-order valence-corrected chi connectivity index (χ3v) is 5.46. The summed E-state index contributed by atoms with van der Waals surface area (Å²) in [6.07, 6.45) is 3.45. The summed E-state index contributed by atoms with van der Waals surface area (Å²) in [6.45, 7) is 2.04. The maximum absolute atomic E-state index is 12.9. The van der Waals surface area contributed by atoms with Gasteiger partial charge in [0.1, 0.15) is 0 Å². The minimum atomic E-state index is 0.0442. The van der Waals surface area contributed by atoms with E-state index in [1.54, 1.807) is 0 Å². The van der Waals surface area contributed by atoms with Crippen molar-refractivity contribution in [2.75, 3.05) is 5.32 Å². The molecule has 0 aliphatic rings. The van der Waals surface area contributed by atoms with Crippen LogP contribution in [0.5, 0.6) is 0 Å². The molecular formula is C26H26N2O. The van der Waals surface area contributed by atoms with E-state index in [9.17, 15) is 4.79 Å². The molecule has 4 rings (SSSR count). The number of nitrogens with zero attached hydrogens (tertiary/aromatic N) is 1. The number of carbonyl (C=O) groups is 1. The van der Waals surface area contributed by atoms with Gasteiger partial charge in [-0.2, -0.15) is 0 Å². The fraction of sp³-hybridized carbons (Fsp3) is 0.192. The minimum absolute atomic E-state index is 0.0442. The number of fused-ring (bicyclic) bond motifs is 1.